The Kier molecular flexibility index (Phi) is 4.29. The average Bonchev–Trinajstić information content (AvgIpc) is 2.70. The first kappa shape index (κ1) is 14.4. The van der Waals surface area contributed by atoms with E-state index in [-0.39, 0.29) is 12.6 Å². The van der Waals surface area contributed by atoms with Gasteiger partial charge < -0.3 is 18.8 Å². The van der Waals surface area contributed by atoms with Gasteiger partial charge in [0.05, 0.1) is 19.3 Å². The van der Waals surface area contributed by atoms with Crippen LogP contribution < -0.4 is 4.74 Å². The molecule has 5 heteroatoms. The Balaban J connectivity index is 2.45. The number of methoxy groups -OCH3 is 2. The summed E-state index contributed by atoms with van der Waals surface area (Å²) in [4.78, 5) is 12.2. The van der Waals surface area contributed by atoms with Gasteiger partial charge in [-0.2, -0.15) is 0 Å². The molecule has 1 aromatic carbocycles. The van der Waals surface area contributed by atoms with Gasteiger partial charge in [0.2, 0.25) is 0 Å². The first-order chi connectivity index (χ1) is 9.60. The van der Waals surface area contributed by atoms with Crippen LogP contribution in [0.4, 0.5) is 0 Å². The average molecular weight is 277 g/mol. The van der Waals surface area contributed by atoms with Crippen LogP contribution in [0.25, 0.3) is 10.9 Å². The smallest absolute Gasteiger partial charge is 0.340 e. The molecule has 0 unspecified atom stereocenters. The Morgan fingerprint density at radius 1 is 1.25 bits per heavy atom. The number of rotatable bonds is 5. The normalized spacial score (nSPS) is 10.8. The van der Waals surface area contributed by atoms with Gasteiger partial charge in [0.25, 0.3) is 0 Å². The molecule has 108 valence electrons. The number of benzene rings is 1. The van der Waals surface area contributed by atoms with Crippen molar-refractivity contribution in [1.82, 2.24) is 4.57 Å². The van der Waals surface area contributed by atoms with Gasteiger partial charge in [-0.15, -0.1) is 0 Å². The Labute approximate surface area is 118 Å². The van der Waals surface area contributed by atoms with Crippen LogP contribution in [0.3, 0.4) is 0 Å². The molecule has 0 aliphatic heterocycles. The Bertz CT molecular complexity index is 630. The van der Waals surface area contributed by atoms with Crippen molar-refractivity contribution in [2.75, 3.05) is 27.4 Å². The summed E-state index contributed by atoms with van der Waals surface area (Å²) >= 11 is 0. The second kappa shape index (κ2) is 5.96. The van der Waals surface area contributed by atoms with Crippen LogP contribution in [-0.4, -0.2) is 38.0 Å². The first-order valence-corrected chi connectivity index (χ1v) is 6.39. The molecule has 2 rings (SSSR count). The van der Waals surface area contributed by atoms with Gasteiger partial charge in [-0.3, -0.25) is 0 Å². The number of hydrogen-bond donors (Lipinski definition) is 0. The number of carbonyl (C=O) groups excluding carboxylic acids is 1. The van der Waals surface area contributed by atoms with Gasteiger partial charge in [-0.1, -0.05) is 0 Å². The first-order valence-electron chi connectivity index (χ1n) is 6.39. The molecule has 1 heterocycles. The van der Waals surface area contributed by atoms with Crippen molar-refractivity contribution in [2.24, 2.45) is 7.05 Å². The highest BCUT2D eigenvalue weighted by Crippen LogP contribution is 2.29. The molecule has 0 N–H and O–H groups in total. The van der Waals surface area contributed by atoms with Crippen molar-refractivity contribution >= 4 is 16.9 Å². The van der Waals surface area contributed by atoms with Gasteiger partial charge in [0.15, 0.2) is 0 Å². The number of carbonyl (C=O) groups is 1. The van der Waals surface area contributed by atoms with Gasteiger partial charge in [-0.25, -0.2) is 4.79 Å². The fraction of sp³-hybridized carbons (Fsp3) is 0.400. The van der Waals surface area contributed by atoms with E-state index in [4.69, 9.17) is 14.2 Å². The van der Waals surface area contributed by atoms with Crippen LogP contribution in [0.2, 0.25) is 0 Å². The van der Waals surface area contributed by atoms with Gasteiger partial charge in [0.1, 0.15) is 12.4 Å². The number of nitrogens with zero attached hydrogens (tertiary/aromatic N) is 1. The predicted octanol–water partition coefficient (Wildman–Crippen LogP) is 2.30. The van der Waals surface area contributed by atoms with E-state index in [0.29, 0.717) is 17.9 Å². The number of ether oxygens (including phenoxy) is 3. The third-order valence-electron chi connectivity index (χ3n) is 3.42. The van der Waals surface area contributed by atoms with Gasteiger partial charge >= 0.3 is 5.97 Å². The number of aryl methyl sites for hydroxylation is 1. The van der Waals surface area contributed by atoms with Crippen LogP contribution in [0.1, 0.15) is 16.1 Å². The molecule has 2 aromatic rings. The van der Waals surface area contributed by atoms with E-state index in [2.05, 4.69) is 0 Å². The molecule has 0 bridgehead atoms. The van der Waals surface area contributed by atoms with Crippen LogP contribution in [-0.2, 0) is 16.5 Å². The number of aromatic nitrogens is 1. The minimum Gasteiger partial charge on any atom is -0.497 e. The van der Waals surface area contributed by atoms with Crippen LogP contribution in [0, 0.1) is 6.92 Å². The molecule has 0 saturated heterocycles. The zero-order chi connectivity index (χ0) is 14.7. The maximum atomic E-state index is 12.2. The highest BCUT2D eigenvalue weighted by Gasteiger charge is 2.20. The lowest BCUT2D eigenvalue weighted by Crippen LogP contribution is -2.11. The second-order valence-electron chi connectivity index (χ2n) is 4.53. The lowest BCUT2D eigenvalue weighted by atomic mass is 10.1. The molecule has 0 saturated carbocycles. The van der Waals surface area contributed by atoms with Gasteiger partial charge in [0, 0.05) is 30.8 Å². The molecule has 0 spiro atoms. The summed E-state index contributed by atoms with van der Waals surface area (Å²) in [6.45, 7) is 2.54. The van der Waals surface area contributed by atoms with Crippen LogP contribution in [0.5, 0.6) is 5.75 Å². The third-order valence-corrected chi connectivity index (χ3v) is 3.42. The molecule has 0 amide bonds. The summed E-state index contributed by atoms with van der Waals surface area (Å²) in [6, 6.07) is 5.67. The lowest BCUT2D eigenvalue weighted by Gasteiger charge is -2.05. The molecule has 0 atom stereocenters. The van der Waals surface area contributed by atoms with E-state index in [1.165, 1.54) is 0 Å². The Morgan fingerprint density at radius 3 is 2.65 bits per heavy atom. The Hall–Kier alpha value is -2.01. The summed E-state index contributed by atoms with van der Waals surface area (Å²) in [5.41, 5.74) is 2.43. The SMILES string of the molecule is COCCOC(=O)c1c(C)n(C)c2ccc(OC)cc12. The minimum atomic E-state index is -0.335. The van der Waals surface area contributed by atoms with Crippen molar-refractivity contribution < 1.29 is 19.0 Å². The van der Waals surface area contributed by atoms with Crippen LogP contribution in [0.15, 0.2) is 18.2 Å². The molecule has 5 nitrogen and oxygen atoms in total. The monoisotopic (exact) mass is 277 g/mol. The molecule has 1 aromatic heterocycles. The zero-order valence-corrected chi connectivity index (χ0v) is 12.2. The van der Waals surface area contributed by atoms with E-state index in [1.54, 1.807) is 14.2 Å². The van der Waals surface area contributed by atoms with E-state index >= 15 is 0 Å². The number of fused-ring (bicyclic) bond motifs is 1. The van der Waals surface area contributed by atoms with Crippen molar-refractivity contribution in [1.29, 1.82) is 0 Å². The second-order valence-corrected chi connectivity index (χ2v) is 4.53. The maximum Gasteiger partial charge on any atom is 0.340 e. The maximum absolute atomic E-state index is 12.2. The summed E-state index contributed by atoms with van der Waals surface area (Å²) in [7, 11) is 5.10. The van der Waals surface area contributed by atoms with E-state index in [0.717, 1.165) is 16.6 Å². The highest BCUT2D eigenvalue weighted by atomic mass is 16.6. The lowest BCUT2D eigenvalue weighted by molar-refractivity contribution is 0.0389. The molecule has 20 heavy (non-hydrogen) atoms. The predicted molar refractivity (Wildman–Crippen MR) is 76.4 cm³/mol. The quantitative estimate of drug-likeness (QED) is 0.621. The fourth-order valence-corrected chi connectivity index (χ4v) is 2.23. The molecule has 0 aliphatic rings. The number of hydrogen-bond acceptors (Lipinski definition) is 4. The van der Waals surface area contributed by atoms with Crippen molar-refractivity contribution in [3.63, 3.8) is 0 Å². The fourth-order valence-electron chi connectivity index (χ4n) is 2.23. The van der Waals surface area contributed by atoms with E-state index in [1.807, 2.05) is 36.7 Å². The molecular formula is C15H19NO4. The van der Waals surface area contributed by atoms with Crippen molar-refractivity contribution in [2.45, 2.75) is 6.92 Å². The summed E-state index contributed by atoms with van der Waals surface area (Å²) in [5, 5.41) is 0.840. The van der Waals surface area contributed by atoms with E-state index < -0.39 is 0 Å². The molecule has 0 radical (unpaired) electrons. The topological polar surface area (TPSA) is 49.7 Å². The van der Waals surface area contributed by atoms with Gasteiger partial charge in [-0.05, 0) is 25.1 Å². The Morgan fingerprint density at radius 2 is 2.00 bits per heavy atom. The minimum absolute atomic E-state index is 0.245. The summed E-state index contributed by atoms with van der Waals surface area (Å²) in [6.07, 6.45) is 0. The zero-order valence-electron chi connectivity index (χ0n) is 12.2. The van der Waals surface area contributed by atoms with E-state index in [9.17, 15) is 4.79 Å². The molecule has 0 fully saturated rings. The van der Waals surface area contributed by atoms with Crippen molar-refractivity contribution in [3.05, 3.63) is 29.5 Å². The van der Waals surface area contributed by atoms with Crippen molar-refractivity contribution in [3.8, 4) is 5.75 Å². The third kappa shape index (κ3) is 2.49. The number of esters is 1. The summed E-state index contributed by atoms with van der Waals surface area (Å²) in [5.74, 6) is 0.382. The largest absolute Gasteiger partial charge is 0.497 e. The van der Waals surface area contributed by atoms with Crippen LogP contribution >= 0.6 is 0 Å². The molecular weight excluding hydrogens is 258 g/mol. The standard InChI is InChI=1S/C15H19NO4/c1-10-14(15(17)20-8-7-18-3)12-9-11(19-4)5-6-13(12)16(10)2/h5-6,9H,7-8H2,1-4H3. The highest BCUT2D eigenvalue weighted by molar-refractivity contribution is 6.06. The summed E-state index contributed by atoms with van der Waals surface area (Å²) < 4.78 is 17.3. The molecule has 0 aliphatic carbocycles.